The summed E-state index contributed by atoms with van der Waals surface area (Å²) in [6.45, 7) is 0. The van der Waals surface area contributed by atoms with E-state index in [4.69, 9.17) is 5.73 Å². The molecule has 0 unspecified atom stereocenters. The van der Waals surface area contributed by atoms with Gasteiger partial charge in [-0.15, -0.1) is 0 Å². The predicted octanol–water partition coefficient (Wildman–Crippen LogP) is 2.31. The summed E-state index contributed by atoms with van der Waals surface area (Å²) in [6, 6.07) is 12.3. The summed E-state index contributed by atoms with van der Waals surface area (Å²) in [5.74, 6) is 0.557. The lowest BCUT2D eigenvalue weighted by Gasteiger charge is -2.01. The first-order chi connectivity index (χ1) is 7.27. The molecule has 1 heterocycles. The van der Waals surface area contributed by atoms with Crippen LogP contribution in [0.3, 0.4) is 0 Å². The molecule has 3 aromatic rings. The molecular formula is C12H11N3. The van der Waals surface area contributed by atoms with Gasteiger partial charge in [-0.1, -0.05) is 30.3 Å². The summed E-state index contributed by atoms with van der Waals surface area (Å²) in [7, 11) is 1.94. The molecule has 15 heavy (non-hydrogen) atoms. The van der Waals surface area contributed by atoms with E-state index in [1.165, 1.54) is 10.8 Å². The molecule has 1 aromatic heterocycles. The molecule has 3 rings (SSSR count). The highest BCUT2D eigenvalue weighted by atomic mass is 15.1. The fourth-order valence-corrected chi connectivity index (χ4v) is 2.00. The van der Waals surface area contributed by atoms with E-state index in [0.29, 0.717) is 5.95 Å². The van der Waals surface area contributed by atoms with Crippen LogP contribution >= 0.6 is 0 Å². The normalized spacial score (nSPS) is 11.3. The van der Waals surface area contributed by atoms with Gasteiger partial charge in [0, 0.05) is 12.4 Å². The van der Waals surface area contributed by atoms with Crippen LogP contribution in [-0.2, 0) is 7.05 Å². The SMILES string of the molecule is Cn1c(N)nc2ccc3ccccc3c21. The van der Waals surface area contributed by atoms with Gasteiger partial charge in [0.1, 0.15) is 0 Å². The fraction of sp³-hybridized carbons (Fsp3) is 0.0833. The lowest BCUT2D eigenvalue weighted by Crippen LogP contribution is -1.96. The zero-order chi connectivity index (χ0) is 10.4. The van der Waals surface area contributed by atoms with Gasteiger partial charge in [-0.05, 0) is 11.5 Å². The second-order valence-electron chi connectivity index (χ2n) is 3.68. The summed E-state index contributed by atoms with van der Waals surface area (Å²) in [6.07, 6.45) is 0. The number of aryl methyl sites for hydroxylation is 1. The Balaban J connectivity index is 2.63. The number of aromatic nitrogens is 2. The number of anilines is 1. The summed E-state index contributed by atoms with van der Waals surface area (Å²) in [5, 5.41) is 2.41. The molecule has 0 atom stereocenters. The van der Waals surface area contributed by atoms with Crippen molar-refractivity contribution in [3.05, 3.63) is 36.4 Å². The van der Waals surface area contributed by atoms with Crippen molar-refractivity contribution in [3.8, 4) is 0 Å². The van der Waals surface area contributed by atoms with E-state index in [9.17, 15) is 0 Å². The maximum absolute atomic E-state index is 5.80. The molecule has 0 fully saturated rings. The average molecular weight is 197 g/mol. The van der Waals surface area contributed by atoms with E-state index >= 15 is 0 Å². The highest BCUT2D eigenvalue weighted by Crippen LogP contribution is 2.25. The molecule has 0 bridgehead atoms. The van der Waals surface area contributed by atoms with Crippen LogP contribution in [0.15, 0.2) is 36.4 Å². The molecule has 3 heteroatoms. The number of hydrogen-bond donors (Lipinski definition) is 1. The standard InChI is InChI=1S/C12H11N3/c1-15-11-9-5-3-2-4-8(9)6-7-10(11)14-12(15)13/h2-7H,1H3,(H2,13,14). The van der Waals surface area contributed by atoms with Crippen molar-refractivity contribution in [1.29, 1.82) is 0 Å². The first-order valence-electron chi connectivity index (χ1n) is 4.87. The van der Waals surface area contributed by atoms with E-state index < -0.39 is 0 Å². The summed E-state index contributed by atoms with van der Waals surface area (Å²) in [5.41, 5.74) is 7.85. The molecular weight excluding hydrogens is 186 g/mol. The number of hydrogen-bond acceptors (Lipinski definition) is 2. The molecule has 2 N–H and O–H groups in total. The lowest BCUT2D eigenvalue weighted by atomic mass is 10.1. The van der Waals surface area contributed by atoms with E-state index in [2.05, 4.69) is 23.2 Å². The van der Waals surface area contributed by atoms with Gasteiger partial charge in [-0.25, -0.2) is 4.98 Å². The first kappa shape index (κ1) is 8.29. The van der Waals surface area contributed by atoms with Gasteiger partial charge >= 0.3 is 0 Å². The zero-order valence-electron chi connectivity index (χ0n) is 8.44. The molecule has 0 aliphatic heterocycles. The molecule has 0 aliphatic rings. The van der Waals surface area contributed by atoms with Crippen LogP contribution in [-0.4, -0.2) is 9.55 Å². The molecule has 2 aromatic carbocycles. The van der Waals surface area contributed by atoms with E-state index in [-0.39, 0.29) is 0 Å². The van der Waals surface area contributed by atoms with Crippen molar-refractivity contribution in [2.45, 2.75) is 0 Å². The topological polar surface area (TPSA) is 43.8 Å². The van der Waals surface area contributed by atoms with Crippen LogP contribution in [0.5, 0.6) is 0 Å². The minimum Gasteiger partial charge on any atom is -0.369 e. The number of benzene rings is 2. The van der Waals surface area contributed by atoms with Gasteiger partial charge < -0.3 is 10.3 Å². The maximum atomic E-state index is 5.80. The number of nitrogens with two attached hydrogens (primary N) is 1. The molecule has 0 radical (unpaired) electrons. The minimum absolute atomic E-state index is 0.557. The fourth-order valence-electron chi connectivity index (χ4n) is 2.00. The Morgan fingerprint density at radius 1 is 1.13 bits per heavy atom. The van der Waals surface area contributed by atoms with Crippen molar-refractivity contribution in [2.75, 3.05) is 5.73 Å². The van der Waals surface area contributed by atoms with Crippen molar-refractivity contribution >= 4 is 27.8 Å². The third kappa shape index (κ3) is 1.03. The summed E-state index contributed by atoms with van der Waals surface area (Å²) >= 11 is 0. The van der Waals surface area contributed by atoms with E-state index in [1.54, 1.807) is 0 Å². The first-order valence-corrected chi connectivity index (χ1v) is 4.87. The molecule has 3 nitrogen and oxygen atoms in total. The van der Waals surface area contributed by atoms with Crippen LogP contribution in [0.1, 0.15) is 0 Å². The van der Waals surface area contributed by atoms with Crippen molar-refractivity contribution in [3.63, 3.8) is 0 Å². The Morgan fingerprint density at radius 2 is 1.93 bits per heavy atom. The zero-order valence-corrected chi connectivity index (χ0v) is 8.44. The Morgan fingerprint density at radius 3 is 2.80 bits per heavy atom. The number of fused-ring (bicyclic) bond motifs is 3. The van der Waals surface area contributed by atoms with Gasteiger partial charge in [0.25, 0.3) is 0 Å². The van der Waals surface area contributed by atoms with Crippen LogP contribution in [0, 0.1) is 0 Å². The maximum Gasteiger partial charge on any atom is 0.200 e. The van der Waals surface area contributed by atoms with Gasteiger partial charge in [0.2, 0.25) is 5.95 Å². The number of rotatable bonds is 0. The predicted molar refractivity (Wildman–Crippen MR) is 62.6 cm³/mol. The quantitative estimate of drug-likeness (QED) is 0.601. The van der Waals surface area contributed by atoms with E-state index in [0.717, 1.165) is 11.0 Å². The third-order valence-electron chi connectivity index (χ3n) is 2.79. The molecule has 0 amide bonds. The summed E-state index contributed by atoms with van der Waals surface area (Å²) in [4.78, 5) is 4.30. The smallest absolute Gasteiger partial charge is 0.200 e. The Bertz CT molecular complexity index is 652. The Labute approximate surface area is 87.1 Å². The van der Waals surface area contributed by atoms with Crippen LogP contribution in [0.25, 0.3) is 21.8 Å². The Kier molecular flexibility index (Phi) is 1.51. The average Bonchev–Trinajstić information content (AvgIpc) is 2.55. The molecule has 0 aliphatic carbocycles. The van der Waals surface area contributed by atoms with Gasteiger partial charge in [0.15, 0.2) is 0 Å². The number of nitrogen functional groups attached to an aromatic ring is 1. The molecule has 0 saturated heterocycles. The molecule has 74 valence electrons. The van der Waals surface area contributed by atoms with Crippen molar-refractivity contribution < 1.29 is 0 Å². The monoisotopic (exact) mass is 197 g/mol. The van der Waals surface area contributed by atoms with Crippen molar-refractivity contribution in [1.82, 2.24) is 9.55 Å². The number of nitrogens with zero attached hydrogens (tertiary/aromatic N) is 2. The summed E-state index contributed by atoms with van der Waals surface area (Å²) < 4.78 is 1.93. The van der Waals surface area contributed by atoms with Crippen LogP contribution in [0.2, 0.25) is 0 Å². The van der Waals surface area contributed by atoms with Crippen molar-refractivity contribution in [2.24, 2.45) is 7.05 Å². The van der Waals surface area contributed by atoms with Gasteiger partial charge in [-0.3, -0.25) is 0 Å². The lowest BCUT2D eigenvalue weighted by molar-refractivity contribution is 0.968. The third-order valence-corrected chi connectivity index (χ3v) is 2.79. The highest BCUT2D eigenvalue weighted by molar-refractivity contribution is 6.05. The number of imidazole rings is 1. The molecule has 0 saturated carbocycles. The minimum atomic E-state index is 0.557. The highest BCUT2D eigenvalue weighted by Gasteiger charge is 2.07. The second kappa shape index (κ2) is 2.73. The largest absolute Gasteiger partial charge is 0.369 e. The molecule has 0 spiro atoms. The second-order valence-corrected chi connectivity index (χ2v) is 3.68. The van der Waals surface area contributed by atoms with Crippen LogP contribution < -0.4 is 5.73 Å². The van der Waals surface area contributed by atoms with Crippen LogP contribution in [0.4, 0.5) is 5.95 Å². The Hall–Kier alpha value is -2.03. The van der Waals surface area contributed by atoms with Gasteiger partial charge in [-0.2, -0.15) is 0 Å². The van der Waals surface area contributed by atoms with Gasteiger partial charge in [0.05, 0.1) is 11.0 Å². The van der Waals surface area contributed by atoms with E-state index in [1.807, 2.05) is 29.8 Å².